The van der Waals surface area contributed by atoms with Gasteiger partial charge in [-0.05, 0) is 103 Å². The molecule has 0 aromatic carbocycles. The van der Waals surface area contributed by atoms with Crippen LogP contribution in [-0.2, 0) is 0 Å². The topological polar surface area (TPSA) is 12.9 Å². The molecule has 4 aliphatic carbocycles. The summed E-state index contributed by atoms with van der Waals surface area (Å²) in [6.07, 6.45) is 18.2. The summed E-state index contributed by atoms with van der Waals surface area (Å²) in [5.74, 6) is 4.77. The molecular weight excluding hydrogens is 314 g/mol. The maximum absolute atomic E-state index is 4.41. The summed E-state index contributed by atoms with van der Waals surface area (Å²) in [5.41, 5.74) is 4.00. The maximum Gasteiger partial charge on any atom is 0.0343 e. The third kappa shape index (κ3) is 2.31. The average molecular weight is 350 g/mol. The number of fused-ring (bicyclic) bond motifs is 5. The zero-order valence-corrected chi connectivity index (χ0v) is 16.9. The third-order valence-corrected chi connectivity index (χ3v) is 9.48. The molecule has 0 amide bonds. The minimum absolute atomic E-state index is 0.384. The van der Waals surface area contributed by atoms with Crippen molar-refractivity contribution in [1.82, 2.24) is 4.98 Å². The SMILES string of the molecule is CC1CCC2(C)C(CCC3C4CC=C(c5cccnc5)C4(C)CCC32)C1. The van der Waals surface area contributed by atoms with Gasteiger partial charge in [0.05, 0.1) is 0 Å². The fourth-order valence-electron chi connectivity index (χ4n) is 8.01. The van der Waals surface area contributed by atoms with Gasteiger partial charge in [0.1, 0.15) is 0 Å². The predicted molar refractivity (Wildman–Crippen MR) is 108 cm³/mol. The van der Waals surface area contributed by atoms with Gasteiger partial charge in [-0.3, -0.25) is 4.98 Å². The van der Waals surface area contributed by atoms with E-state index in [4.69, 9.17) is 0 Å². The Bertz CT molecular complexity index is 706. The van der Waals surface area contributed by atoms with Crippen LogP contribution in [0.15, 0.2) is 30.6 Å². The van der Waals surface area contributed by atoms with Gasteiger partial charge in [0.25, 0.3) is 0 Å². The Labute approximate surface area is 159 Å². The van der Waals surface area contributed by atoms with Gasteiger partial charge < -0.3 is 0 Å². The van der Waals surface area contributed by atoms with E-state index in [2.05, 4.69) is 50.2 Å². The van der Waals surface area contributed by atoms with Crippen molar-refractivity contribution in [3.8, 4) is 0 Å². The van der Waals surface area contributed by atoms with E-state index < -0.39 is 0 Å². The molecule has 0 aliphatic heterocycles. The first kappa shape index (κ1) is 17.0. The van der Waals surface area contributed by atoms with Crippen LogP contribution in [0.3, 0.4) is 0 Å². The Hall–Kier alpha value is -1.11. The second-order valence-corrected chi connectivity index (χ2v) is 10.6. The quantitative estimate of drug-likeness (QED) is 0.546. The smallest absolute Gasteiger partial charge is 0.0343 e. The molecule has 1 nitrogen and oxygen atoms in total. The highest BCUT2D eigenvalue weighted by atomic mass is 14.6. The fourth-order valence-corrected chi connectivity index (χ4v) is 8.01. The van der Waals surface area contributed by atoms with Crippen molar-refractivity contribution < 1.29 is 0 Å². The molecule has 1 aromatic rings. The summed E-state index contributed by atoms with van der Waals surface area (Å²) in [6.45, 7) is 7.76. The third-order valence-electron chi connectivity index (χ3n) is 9.48. The lowest BCUT2D eigenvalue weighted by molar-refractivity contribution is -0.103. The summed E-state index contributed by atoms with van der Waals surface area (Å²) in [5, 5.41) is 0. The number of aromatic nitrogens is 1. The predicted octanol–water partition coefficient (Wildman–Crippen LogP) is 6.75. The van der Waals surface area contributed by atoms with Crippen molar-refractivity contribution in [2.75, 3.05) is 0 Å². The molecule has 0 spiro atoms. The van der Waals surface area contributed by atoms with Crippen LogP contribution in [0.5, 0.6) is 0 Å². The number of nitrogens with zero attached hydrogens (tertiary/aromatic N) is 1. The largest absolute Gasteiger partial charge is 0.264 e. The van der Waals surface area contributed by atoms with Gasteiger partial charge in [0.15, 0.2) is 0 Å². The van der Waals surface area contributed by atoms with Crippen molar-refractivity contribution in [2.24, 2.45) is 40.4 Å². The maximum atomic E-state index is 4.41. The molecule has 1 heterocycles. The van der Waals surface area contributed by atoms with Crippen molar-refractivity contribution in [1.29, 1.82) is 0 Å². The summed E-state index contributed by atoms with van der Waals surface area (Å²) in [7, 11) is 0. The van der Waals surface area contributed by atoms with E-state index >= 15 is 0 Å². The minimum atomic E-state index is 0.384. The van der Waals surface area contributed by atoms with Crippen LogP contribution in [0.1, 0.15) is 77.7 Å². The molecule has 1 heteroatoms. The molecule has 3 saturated carbocycles. The zero-order chi connectivity index (χ0) is 17.9. The van der Waals surface area contributed by atoms with Crippen molar-refractivity contribution in [2.45, 2.75) is 72.1 Å². The monoisotopic (exact) mass is 349 g/mol. The Morgan fingerprint density at radius 1 is 1.04 bits per heavy atom. The highest BCUT2D eigenvalue weighted by Crippen LogP contribution is 2.67. The van der Waals surface area contributed by atoms with Gasteiger partial charge in [-0.25, -0.2) is 0 Å². The highest BCUT2D eigenvalue weighted by molar-refractivity contribution is 5.72. The van der Waals surface area contributed by atoms with Gasteiger partial charge >= 0.3 is 0 Å². The molecule has 140 valence electrons. The number of pyridine rings is 1. The molecule has 7 atom stereocenters. The lowest BCUT2D eigenvalue weighted by Crippen LogP contribution is -2.52. The molecule has 7 unspecified atom stereocenters. The van der Waals surface area contributed by atoms with Crippen molar-refractivity contribution in [3.05, 3.63) is 36.2 Å². The van der Waals surface area contributed by atoms with Crippen molar-refractivity contribution >= 4 is 5.57 Å². The number of allylic oxidation sites excluding steroid dienone is 2. The normalized spacial score (nSPS) is 47.5. The van der Waals surface area contributed by atoms with Gasteiger partial charge in [-0.1, -0.05) is 39.3 Å². The lowest BCUT2D eigenvalue weighted by atomic mass is 9.44. The molecular formula is C25H35N. The zero-order valence-electron chi connectivity index (χ0n) is 16.9. The van der Waals surface area contributed by atoms with Gasteiger partial charge in [0.2, 0.25) is 0 Å². The first-order chi connectivity index (χ1) is 12.5. The Morgan fingerprint density at radius 3 is 2.73 bits per heavy atom. The molecule has 5 rings (SSSR count). The molecule has 1 aromatic heterocycles. The summed E-state index contributed by atoms with van der Waals surface area (Å²) >= 11 is 0. The summed E-state index contributed by atoms with van der Waals surface area (Å²) < 4.78 is 0. The van der Waals surface area contributed by atoms with Crippen LogP contribution >= 0.6 is 0 Å². The fraction of sp³-hybridized carbons (Fsp3) is 0.720. The first-order valence-electron chi connectivity index (χ1n) is 11.1. The standard InChI is InChI=1S/C25H35N/c1-17-10-12-24(2)19(15-17)6-7-20-22-9-8-21(18-5-4-14-26-16-18)25(22,3)13-11-23(20)24/h4-5,8,14,16-17,19-20,22-23H,6-7,9-13,15H2,1-3H3. The second kappa shape index (κ2) is 5.94. The summed E-state index contributed by atoms with van der Waals surface area (Å²) in [6, 6.07) is 4.38. The minimum Gasteiger partial charge on any atom is -0.264 e. The Kier molecular flexibility index (Phi) is 3.89. The second-order valence-electron chi connectivity index (χ2n) is 10.6. The molecule has 0 N–H and O–H groups in total. The Balaban J connectivity index is 1.44. The van der Waals surface area contributed by atoms with E-state index in [0.29, 0.717) is 10.8 Å². The van der Waals surface area contributed by atoms with Gasteiger partial charge in [-0.2, -0.15) is 0 Å². The van der Waals surface area contributed by atoms with Crippen LogP contribution in [0.25, 0.3) is 5.57 Å². The Morgan fingerprint density at radius 2 is 1.92 bits per heavy atom. The molecule has 0 radical (unpaired) electrons. The van der Waals surface area contributed by atoms with Crippen LogP contribution in [0.2, 0.25) is 0 Å². The van der Waals surface area contributed by atoms with Crippen molar-refractivity contribution in [3.63, 3.8) is 0 Å². The summed E-state index contributed by atoms with van der Waals surface area (Å²) in [4.78, 5) is 4.41. The highest BCUT2D eigenvalue weighted by Gasteiger charge is 2.58. The van der Waals surface area contributed by atoms with E-state index in [0.717, 1.165) is 29.6 Å². The van der Waals surface area contributed by atoms with Crippen LogP contribution < -0.4 is 0 Å². The molecule has 26 heavy (non-hydrogen) atoms. The van der Waals surface area contributed by atoms with E-state index in [1.54, 1.807) is 5.57 Å². The first-order valence-corrected chi connectivity index (χ1v) is 11.1. The number of hydrogen-bond acceptors (Lipinski definition) is 1. The number of hydrogen-bond donors (Lipinski definition) is 0. The molecule has 4 aliphatic rings. The molecule has 3 fully saturated rings. The van der Waals surface area contributed by atoms with E-state index in [9.17, 15) is 0 Å². The van der Waals surface area contributed by atoms with Crippen LogP contribution in [0, 0.1) is 40.4 Å². The average Bonchev–Trinajstić information content (AvgIpc) is 3.00. The van der Waals surface area contributed by atoms with Crippen LogP contribution in [-0.4, -0.2) is 4.98 Å². The molecule has 0 bridgehead atoms. The van der Waals surface area contributed by atoms with Crippen LogP contribution in [0.4, 0.5) is 0 Å². The van der Waals surface area contributed by atoms with E-state index in [-0.39, 0.29) is 0 Å². The lowest BCUT2D eigenvalue weighted by Gasteiger charge is -2.61. The molecule has 0 saturated heterocycles. The van der Waals surface area contributed by atoms with E-state index in [1.807, 2.05) is 6.20 Å². The van der Waals surface area contributed by atoms with Gasteiger partial charge in [-0.15, -0.1) is 0 Å². The van der Waals surface area contributed by atoms with E-state index in [1.165, 1.54) is 56.9 Å². The van der Waals surface area contributed by atoms with Gasteiger partial charge in [0, 0.05) is 12.4 Å². The number of rotatable bonds is 1.